The molecule has 7 N–H and O–H groups in total. The number of aliphatic imine (C=N–C) groups is 1. The van der Waals surface area contributed by atoms with Gasteiger partial charge in [-0.15, -0.1) is 0 Å². The van der Waals surface area contributed by atoms with E-state index in [4.69, 9.17) is 0 Å². The van der Waals surface area contributed by atoms with Gasteiger partial charge < -0.3 is 36.6 Å². The molecule has 2 amide bonds. The van der Waals surface area contributed by atoms with Crippen LogP contribution in [0.5, 0.6) is 0 Å². The average molecular weight is 567 g/mol. The number of rotatable bonds is 9. The first-order valence-corrected chi connectivity index (χ1v) is 12.0. The molecule has 40 heavy (non-hydrogen) atoms. The van der Waals surface area contributed by atoms with Gasteiger partial charge in [0.15, 0.2) is 5.96 Å². The van der Waals surface area contributed by atoms with Crippen molar-refractivity contribution < 1.29 is 42.9 Å². The monoisotopic (exact) mass is 566 g/mol. The molecule has 2 atom stereocenters. The molecule has 216 valence electrons. The van der Waals surface area contributed by atoms with E-state index in [0.717, 1.165) is 6.07 Å². The second-order valence-electron chi connectivity index (χ2n) is 9.61. The summed E-state index contributed by atoms with van der Waals surface area (Å²) in [7, 11) is 0. The lowest BCUT2D eigenvalue weighted by molar-refractivity contribution is -0.138. The van der Waals surface area contributed by atoms with E-state index in [1.165, 1.54) is 38.4 Å². The van der Waals surface area contributed by atoms with Gasteiger partial charge >= 0.3 is 12.1 Å². The van der Waals surface area contributed by atoms with E-state index >= 15 is 0 Å². The van der Waals surface area contributed by atoms with Crippen LogP contribution >= 0.6 is 0 Å². The first kappa shape index (κ1) is 30.3. The Morgan fingerprint density at radius 2 is 1.82 bits per heavy atom. The quantitative estimate of drug-likeness (QED) is 0.234. The van der Waals surface area contributed by atoms with E-state index in [9.17, 15) is 42.9 Å². The summed E-state index contributed by atoms with van der Waals surface area (Å²) in [6.45, 7) is 2.42. The number of aliphatic carboxylic acids is 1. The number of hydrogen-bond acceptors (Lipinski definition) is 9. The standard InChI is InChI=1S/C25H29F3N6O6/c1-24(2,40)15-3-13(4-16(6-15)25(26,27)28)19(7-21(37)38)34-20(36)12-30-22(39)14-5-17(9-29-8-14)33-23-31-10-18(35)11-32-23/h3-6,8-9,18-19,35,40H,7,10-12H2,1-2H3,(H,30,39)(H,34,36)(H,37,38)(H2,31,32,33). The van der Waals surface area contributed by atoms with Crippen molar-refractivity contribution in [1.82, 2.24) is 20.9 Å². The van der Waals surface area contributed by atoms with Crippen LogP contribution in [0.15, 0.2) is 41.7 Å². The molecule has 0 bridgehead atoms. The molecule has 1 aromatic carbocycles. The Morgan fingerprint density at radius 3 is 2.42 bits per heavy atom. The van der Waals surface area contributed by atoms with Crippen LogP contribution in [0.2, 0.25) is 0 Å². The highest BCUT2D eigenvalue weighted by molar-refractivity contribution is 5.99. The van der Waals surface area contributed by atoms with Gasteiger partial charge in [0, 0.05) is 12.7 Å². The van der Waals surface area contributed by atoms with Crippen molar-refractivity contribution >= 4 is 29.4 Å². The number of nitrogens with zero attached hydrogens (tertiary/aromatic N) is 2. The largest absolute Gasteiger partial charge is 0.481 e. The Balaban J connectivity index is 1.71. The Labute approximate surface area is 226 Å². The third-order valence-electron chi connectivity index (χ3n) is 5.74. The summed E-state index contributed by atoms with van der Waals surface area (Å²) in [5.74, 6) is -2.57. The predicted octanol–water partition coefficient (Wildman–Crippen LogP) is 1.12. The van der Waals surface area contributed by atoms with Gasteiger partial charge in [-0.1, -0.05) is 6.07 Å². The van der Waals surface area contributed by atoms with Crippen molar-refractivity contribution in [1.29, 1.82) is 0 Å². The minimum absolute atomic E-state index is 0.0732. The number of carboxylic acids is 1. The van der Waals surface area contributed by atoms with E-state index in [1.807, 2.05) is 0 Å². The highest BCUT2D eigenvalue weighted by Crippen LogP contribution is 2.35. The summed E-state index contributed by atoms with van der Waals surface area (Å²) in [5.41, 5.74) is -2.63. The van der Waals surface area contributed by atoms with E-state index in [-0.39, 0.29) is 29.8 Å². The molecule has 0 spiro atoms. The molecular weight excluding hydrogens is 537 g/mol. The molecule has 3 rings (SSSR count). The number of benzene rings is 1. The molecule has 12 nitrogen and oxygen atoms in total. The number of anilines is 1. The molecule has 0 fully saturated rings. The van der Waals surface area contributed by atoms with Gasteiger partial charge in [-0.05, 0) is 43.2 Å². The van der Waals surface area contributed by atoms with Crippen molar-refractivity contribution in [3.8, 4) is 0 Å². The number of aliphatic hydroxyl groups excluding tert-OH is 1. The zero-order valence-corrected chi connectivity index (χ0v) is 21.5. The number of hydrogen-bond donors (Lipinski definition) is 7. The molecule has 1 aromatic heterocycles. The lowest BCUT2D eigenvalue weighted by Crippen LogP contribution is -2.42. The number of nitrogens with one attached hydrogen (secondary N) is 4. The second-order valence-corrected chi connectivity index (χ2v) is 9.61. The van der Waals surface area contributed by atoms with E-state index in [2.05, 4.69) is 31.2 Å². The summed E-state index contributed by atoms with van der Waals surface area (Å²) < 4.78 is 40.5. The van der Waals surface area contributed by atoms with Gasteiger partial charge in [0.25, 0.3) is 5.91 Å². The molecule has 0 aliphatic carbocycles. The number of carbonyl (C=O) groups excluding carboxylic acids is 2. The Hall–Kier alpha value is -4.24. The van der Waals surface area contributed by atoms with E-state index < -0.39 is 60.2 Å². The zero-order valence-electron chi connectivity index (χ0n) is 21.5. The van der Waals surface area contributed by atoms with Crippen molar-refractivity contribution in [2.45, 2.75) is 44.2 Å². The number of amides is 2. The van der Waals surface area contributed by atoms with Gasteiger partial charge in [-0.3, -0.25) is 24.4 Å². The molecule has 2 heterocycles. The molecule has 0 saturated heterocycles. The number of guanidine groups is 1. The van der Waals surface area contributed by atoms with Crippen LogP contribution in [0.4, 0.5) is 18.9 Å². The summed E-state index contributed by atoms with van der Waals surface area (Å²) in [4.78, 5) is 44.7. The SMILES string of the molecule is CC(C)(O)c1cc(C(CC(=O)O)NC(=O)CNC(=O)c2cncc(NC3=NCC(O)CN3)c2)cc(C(F)(F)F)c1. The molecule has 1 aliphatic rings. The summed E-state index contributed by atoms with van der Waals surface area (Å²) in [6, 6.07) is 2.70. The van der Waals surface area contributed by atoms with Crippen molar-refractivity contribution in [3.05, 3.63) is 58.9 Å². The summed E-state index contributed by atoms with van der Waals surface area (Å²) in [6.07, 6.45) is -3.49. The van der Waals surface area contributed by atoms with Gasteiger partial charge in [0.1, 0.15) is 0 Å². The number of carbonyl (C=O) groups is 3. The molecule has 2 unspecified atom stereocenters. The maximum atomic E-state index is 13.5. The third kappa shape index (κ3) is 8.64. The number of alkyl halides is 3. The number of aromatic nitrogens is 1. The number of pyridine rings is 1. The van der Waals surface area contributed by atoms with Gasteiger partial charge in [0.05, 0.1) is 60.3 Å². The van der Waals surface area contributed by atoms with Crippen LogP contribution in [0.1, 0.15) is 53.4 Å². The first-order valence-electron chi connectivity index (χ1n) is 12.0. The van der Waals surface area contributed by atoms with Crippen molar-refractivity contribution in [3.63, 3.8) is 0 Å². The average Bonchev–Trinajstić information content (AvgIpc) is 2.87. The van der Waals surface area contributed by atoms with Gasteiger partial charge in [-0.2, -0.15) is 13.2 Å². The van der Waals surface area contributed by atoms with Crippen LogP contribution in [0.25, 0.3) is 0 Å². The smallest absolute Gasteiger partial charge is 0.416 e. The number of aliphatic hydroxyl groups is 2. The van der Waals surface area contributed by atoms with Crippen LogP contribution in [-0.4, -0.2) is 69.8 Å². The van der Waals surface area contributed by atoms with Gasteiger partial charge in [-0.25, -0.2) is 0 Å². The Kier molecular flexibility index (Phi) is 9.32. The minimum Gasteiger partial charge on any atom is -0.481 e. The molecule has 2 aromatic rings. The molecule has 15 heteroatoms. The summed E-state index contributed by atoms with van der Waals surface area (Å²) in [5, 5.41) is 39.5. The van der Waals surface area contributed by atoms with Crippen molar-refractivity contribution in [2.75, 3.05) is 25.0 Å². The lowest BCUT2D eigenvalue weighted by atomic mass is 9.91. The van der Waals surface area contributed by atoms with E-state index in [1.54, 1.807) is 0 Å². The highest BCUT2D eigenvalue weighted by atomic mass is 19.4. The van der Waals surface area contributed by atoms with Crippen molar-refractivity contribution in [2.24, 2.45) is 4.99 Å². The molecular formula is C25H29F3N6O6. The predicted molar refractivity (Wildman–Crippen MR) is 136 cm³/mol. The fourth-order valence-electron chi connectivity index (χ4n) is 3.69. The van der Waals surface area contributed by atoms with Crippen LogP contribution in [0, 0.1) is 0 Å². The van der Waals surface area contributed by atoms with Crippen LogP contribution in [-0.2, 0) is 21.4 Å². The fraction of sp³-hybridized carbons (Fsp3) is 0.400. The Bertz CT molecular complexity index is 1260. The normalized spacial score (nSPS) is 16.3. The maximum Gasteiger partial charge on any atom is 0.416 e. The topological polar surface area (TPSA) is 185 Å². The summed E-state index contributed by atoms with van der Waals surface area (Å²) >= 11 is 0. The second kappa shape index (κ2) is 12.3. The third-order valence-corrected chi connectivity index (χ3v) is 5.74. The van der Waals surface area contributed by atoms with Gasteiger partial charge in [0.2, 0.25) is 5.91 Å². The molecule has 0 saturated carbocycles. The van der Waals surface area contributed by atoms with Crippen LogP contribution in [0.3, 0.4) is 0 Å². The van der Waals surface area contributed by atoms with E-state index in [0.29, 0.717) is 17.7 Å². The fourth-order valence-corrected chi connectivity index (χ4v) is 3.69. The first-order chi connectivity index (χ1) is 18.6. The molecule has 1 aliphatic heterocycles. The highest BCUT2D eigenvalue weighted by Gasteiger charge is 2.34. The molecule has 0 radical (unpaired) electrons. The lowest BCUT2D eigenvalue weighted by Gasteiger charge is -2.24. The van der Waals surface area contributed by atoms with Crippen LogP contribution < -0.4 is 21.3 Å². The number of carboxylic acid groups (broad SMARTS) is 1. The zero-order chi connectivity index (χ0) is 29.7. The maximum absolute atomic E-state index is 13.5. The number of β-amino-alcohol motifs (C(OH)–C–C–N with tert-alkyl or cyclic N) is 1. The minimum atomic E-state index is -4.79. The number of halogens is 3. The Morgan fingerprint density at radius 1 is 1.12 bits per heavy atom.